The number of nitrogens with one attached hydrogen (secondary N) is 2. The van der Waals surface area contributed by atoms with Crippen LogP contribution in [0.5, 0.6) is 0 Å². The third kappa shape index (κ3) is 4.20. The molecule has 0 aliphatic carbocycles. The Morgan fingerprint density at radius 3 is 2.95 bits per heavy atom. The number of carbonyl (C=O) groups is 1. The van der Waals surface area contributed by atoms with E-state index in [1.165, 1.54) is 6.08 Å². The van der Waals surface area contributed by atoms with Crippen LogP contribution in [0.1, 0.15) is 36.3 Å². The van der Waals surface area contributed by atoms with Gasteiger partial charge in [-0.3, -0.25) is 4.79 Å². The topological polar surface area (TPSA) is 57.8 Å². The summed E-state index contributed by atoms with van der Waals surface area (Å²) in [5.74, 6) is 0.604. The number of halogens is 1. The van der Waals surface area contributed by atoms with E-state index in [-0.39, 0.29) is 11.9 Å². The molecule has 0 aliphatic rings. The van der Waals surface area contributed by atoms with Crippen molar-refractivity contribution >= 4 is 23.6 Å². The van der Waals surface area contributed by atoms with Crippen molar-refractivity contribution in [3.63, 3.8) is 0 Å². The molecule has 1 unspecified atom stereocenters. The fourth-order valence-electron chi connectivity index (χ4n) is 1.94. The minimum Gasteiger partial charge on any atom is -0.347 e. The minimum atomic E-state index is -0.157. The maximum atomic E-state index is 12.0. The Morgan fingerprint density at radius 2 is 2.33 bits per heavy atom. The molecule has 5 heteroatoms. The zero-order chi connectivity index (χ0) is 15.2. The molecule has 2 rings (SSSR count). The first-order valence-electron chi connectivity index (χ1n) is 6.84. The predicted octanol–water partition coefficient (Wildman–Crippen LogP) is 3.65. The summed E-state index contributed by atoms with van der Waals surface area (Å²) in [5, 5.41) is 3.61. The molecule has 1 atom stereocenters. The summed E-state index contributed by atoms with van der Waals surface area (Å²) in [6.07, 6.45) is 7.44. The maximum Gasteiger partial charge on any atom is 0.244 e. The number of nitrogens with zero attached hydrogens (tertiary/aromatic N) is 1. The summed E-state index contributed by atoms with van der Waals surface area (Å²) in [4.78, 5) is 19.1. The third-order valence-corrected chi connectivity index (χ3v) is 3.60. The van der Waals surface area contributed by atoms with Crippen LogP contribution < -0.4 is 5.32 Å². The Bertz CT molecular complexity index is 635. The Hall–Kier alpha value is -2.07. The summed E-state index contributed by atoms with van der Waals surface area (Å²) in [6.45, 7) is 3.94. The second-order valence-corrected chi connectivity index (χ2v) is 5.19. The Balaban J connectivity index is 2.00. The van der Waals surface area contributed by atoms with Gasteiger partial charge in [0.1, 0.15) is 5.82 Å². The van der Waals surface area contributed by atoms with Crippen LogP contribution in [-0.4, -0.2) is 15.9 Å². The zero-order valence-electron chi connectivity index (χ0n) is 12.1. The van der Waals surface area contributed by atoms with E-state index in [1.54, 1.807) is 18.5 Å². The fourth-order valence-corrected chi connectivity index (χ4v) is 2.13. The van der Waals surface area contributed by atoms with E-state index in [0.29, 0.717) is 5.02 Å². The molecule has 0 bridgehead atoms. The zero-order valence-corrected chi connectivity index (χ0v) is 12.8. The lowest BCUT2D eigenvalue weighted by molar-refractivity contribution is -0.117. The summed E-state index contributed by atoms with van der Waals surface area (Å²) in [6, 6.07) is 5.58. The van der Waals surface area contributed by atoms with Gasteiger partial charge in [-0.1, -0.05) is 30.7 Å². The van der Waals surface area contributed by atoms with E-state index in [2.05, 4.69) is 15.3 Å². The van der Waals surface area contributed by atoms with Gasteiger partial charge in [-0.2, -0.15) is 0 Å². The fraction of sp³-hybridized carbons (Fsp3) is 0.250. The van der Waals surface area contributed by atoms with Gasteiger partial charge in [-0.15, -0.1) is 0 Å². The largest absolute Gasteiger partial charge is 0.347 e. The Kier molecular flexibility index (Phi) is 5.17. The van der Waals surface area contributed by atoms with Gasteiger partial charge >= 0.3 is 0 Å². The molecule has 0 spiro atoms. The average molecular weight is 304 g/mol. The van der Waals surface area contributed by atoms with Gasteiger partial charge in [0.05, 0.1) is 6.04 Å². The van der Waals surface area contributed by atoms with Gasteiger partial charge in [0.2, 0.25) is 5.91 Å². The Labute approximate surface area is 129 Å². The normalized spacial score (nSPS) is 12.5. The molecular weight excluding hydrogens is 286 g/mol. The second kappa shape index (κ2) is 7.09. The van der Waals surface area contributed by atoms with E-state index in [0.717, 1.165) is 23.4 Å². The molecule has 1 aromatic heterocycles. The first-order chi connectivity index (χ1) is 10.1. The first kappa shape index (κ1) is 15.3. The number of aryl methyl sites for hydroxylation is 1. The van der Waals surface area contributed by atoms with Crippen molar-refractivity contribution in [3.8, 4) is 0 Å². The van der Waals surface area contributed by atoms with Crippen LogP contribution >= 0.6 is 11.6 Å². The van der Waals surface area contributed by atoms with Crippen LogP contribution in [0.2, 0.25) is 5.02 Å². The Morgan fingerprint density at radius 1 is 1.52 bits per heavy atom. The van der Waals surface area contributed by atoms with E-state index >= 15 is 0 Å². The standard InChI is InChI=1S/C16H18ClN3O/c1-3-14(16-18-8-9-19-16)20-15(21)7-6-12-5-4-11(2)13(17)10-12/h4-10,14H,3H2,1-2H3,(H,18,19)(H,20,21)/b7-6+. The van der Waals surface area contributed by atoms with Gasteiger partial charge in [-0.25, -0.2) is 4.98 Å². The highest BCUT2D eigenvalue weighted by atomic mass is 35.5. The highest BCUT2D eigenvalue weighted by Gasteiger charge is 2.12. The monoisotopic (exact) mass is 303 g/mol. The molecule has 2 aromatic rings. The molecule has 0 saturated carbocycles. The number of aromatic nitrogens is 2. The van der Waals surface area contributed by atoms with Gasteiger partial charge in [0.25, 0.3) is 0 Å². The highest BCUT2D eigenvalue weighted by molar-refractivity contribution is 6.31. The minimum absolute atomic E-state index is 0.112. The molecule has 110 valence electrons. The highest BCUT2D eigenvalue weighted by Crippen LogP contribution is 2.17. The quantitative estimate of drug-likeness (QED) is 0.828. The predicted molar refractivity (Wildman–Crippen MR) is 85.0 cm³/mol. The van der Waals surface area contributed by atoms with Crippen LogP contribution in [0.3, 0.4) is 0 Å². The van der Waals surface area contributed by atoms with Crippen molar-refractivity contribution in [1.29, 1.82) is 0 Å². The molecule has 2 N–H and O–H groups in total. The van der Waals surface area contributed by atoms with Crippen molar-refractivity contribution in [2.24, 2.45) is 0 Å². The van der Waals surface area contributed by atoms with Crippen LogP contribution in [-0.2, 0) is 4.79 Å². The molecule has 1 amide bonds. The first-order valence-corrected chi connectivity index (χ1v) is 7.22. The van der Waals surface area contributed by atoms with Gasteiger partial charge in [0, 0.05) is 23.5 Å². The molecule has 0 aliphatic heterocycles. The van der Waals surface area contributed by atoms with Crippen molar-refractivity contribution in [3.05, 3.63) is 58.6 Å². The van der Waals surface area contributed by atoms with Crippen molar-refractivity contribution < 1.29 is 4.79 Å². The van der Waals surface area contributed by atoms with E-state index in [4.69, 9.17) is 11.6 Å². The van der Waals surface area contributed by atoms with Crippen LogP contribution in [0.25, 0.3) is 6.08 Å². The number of hydrogen-bond donors (Lipinski definition) is 2. The van der Waals surface area contributed by atoms with Crippen LogP contribution in [0.15, 0.2) is 36.7 Å². The number of amides is 1. The van der Waals surface area contributed by atoms with Gasteiger partial charge < -0.3 is 10.3 Å². The SMILES string of the molecule is CCC(NC(=O)/C=C/c1ccc(C)c(Cl)c1)c1ncc[nH]1. The maximum absolute atomic E-state index is 12.0. The molecule has 4 nitrogen and oxygen atoms in total. The molecule has 1 heterocycles. The molecule has 1 aromatic carbocycles. The number of H-pyrrole nitrogens is 1. The summed E-state index contributed by atoms with van der Waals surface area (Å²) in [5.41, 5.74) is 1.91. The molecule has 0 saturated heterocycles. The van der Waals surface area contributed by atoms with Gasteiger partial charge in [0.15, 0.2) is 0 Å². The summed E-state index contributed by atoms with van der Waals surface area (Å²) < 4.78 is 0. The number of benzene rings is 1. The van der Waals surface area contributed by atoms with Crippen LogP contribution in [0.4, 0.5) is 0 Å². The van der Waals surface area contributed by atoms with E-state index in [1.807, 2.05) is 32.0 Å². The lowest BCUT2D eigenvalue weighted by Crippen LogP contribution is -2.27. The number of hydrogen-bond acceptors (Lipinski definition) is 2. The number of carbonyl (C=O) groups excluding carboxylic acids is 1. The van der Waals surface area contributed by atoms with Crippen molar-refractivity contribution in [2.45, 2.75) is 26.3 Å². The smallest absolute Gasteiger partial charge is 0.244 e. The van der Waals surface area contributed by atoms with E-state index in [9.17, 15) is 4.79 Å². The molecule has 21 heavy (non-hydrogen) atoms. The van der Waals surface area contributed by atoms with Crippen LogP contribution in [0, 0.1) is 6.92 Å². The average Bonchev–Trinajstić information content (AvgIpc) is 3.00. The summed E-state index contributed by atoms with van der Waals surface area (Å²) >= 11 is 6.06. The van der Waals surface area contributed by atoms with Crippen molar-refractivity contribution in [1.82, 2.24) is 15.3 Å². The lowest BCUT2D eigenvalue weighted by atomic mass is 10.1. The molecule has 0 radical (unpaired) electrons. The molecule has 0 fully saturated rings. The third-order valence-electron chi connectivity index (χ3n) is 3.20. The summed E-state index contributed by atoms with van der Waals surface area (Å²) in [7, 11) is 0. The number of aromatic amines is 1. The molecular formula is C16H18ClN3O. The van der Waals surface area contributed by atoms with Gasteiger partial charge in [-0.05, 0) is 36.6 Å². The lowest BCUT2D eigenvalue weighted by Gasteiger charge is -2.12. The number of rotatable bonds is 5. The van der Waals surface area contributed by atoms with Crippen molar-refractivity contribution in [2.75, 3.05) is 0 Å². The second-order valence-electron chi connectivity index (χ2n) is 4.79. The van der Waals surface area contributed by atoms with E-state index < -0.39 is 0 Å². The number of imidazole rings is 1.